The van der Waals surface area contributed by atoms with Crippen LogP contribution in [0.25, 0.3) is 16.7 Å². The zero-order chi connectivity index (χ0) is 15.5. The number of para-hydroxylation sites is 1. The number of ether oxygens (including phenoxy) is 1. The number of aromatic nitrogens is 3. The highest BCUT2D eigenvalue weighted by Crippen LogP contribution is 2.25. The Morgan fingerprint density at radius 3 is 2.91 bits per heavy atom. The second kappa shape index (κ2) is 6.15. The average Bonchev–Trinajstić information content (AvgIpc) is 2.87. The molecule has 0 unspecified atom stereocenters. The lowest BCUT2D eigenvalue weighted by molar-refractivity contribution is -0.142. The molecule has 6 heteroatoms. The number of nitrogens with zero attached hydrogens (tertiary/aromatic N) is 3. The maximum absolute atomic E-state index is 11.8. The van der Waals surface area contributed by atoms with E-state index in [0.29, 0.717) is 17.6 Å². The van der Waals surface area contributed by atoms with Crippen LogP contribution in [0.2, 0.25) is 5.15 Å². The first-order valence-electron chi connectivity index (χ1n) is 6.91. The fourth-order valence-electron chi connectivity index (χ4n) is 2.40. The van der Waals surface area contributed by atoms with Gasteiger partial charge in [-0.2, -0.15) is 0 Å². The van der Waals surface area contributed by atoms with Gasteiger partial charge in [0.2, 0.25) is 0 Å². The minimum atomic E-state index is -0.248. The molecular formula is C16H14ClN3O2. The van der Waals surface area contributed by atoms with Crippen LogP contribution < -0.4 is 0 Å². The van der Waals surface area contributed by atoms with Gasteiger partial charge in [0.1, 0.15) is 5.15 Å². The van der Waals surface area contributed by atoms with Gasteiger partial charge < -0.3 is 4.74 Å². The van der Waals surface area contributed by atoms with Gasteiger partial charge in [0, 0.05) is 11.6 Å². The molecule has 22 heavy (non-hydrogen) atoms. The molecule has 0 atom stereocenters. The van der Waals surface area contributed by atoms with Crippen molar-refractivity contribution in [1.29, 1.82) is 0 Å². The molecule has 3 aromatic rings. The molecule has 0 radical (unpaired) electrons. The van der Waals surface area contributed by atoms with Crippen molar-refractivity contribution in [3.8, 4) is 5.82 Å². The second-order valence-electron chi connectivity index (χ2n) is 4.72. The number of fused-ring (bicyclic) bond motifs is 1. The molecule has 0 fully saturated rings. The number of halogens is 1. The normalized spacial score (nSPS) is 10.8. The maximum Gasteiger partial charge on any atom is 0.310 e. The van der Waals surface area contributed by atoms with Crippen LogP contribution in [0.1, 0.15) is 12.5 Å². The lowest BCUT2D eigenvalue weighted by Gasteiger charge is -2.03. The third-order valence-electron chi connectivity index (χ3n) is 3.27. The van der Waals surface area contributed by atoms with Gasteiger partial charge >= 0.3 is 5.97 Å². The number of carbonyl (C=O) groups excluding carboxylic acids is 1. The molecular weight excluding hydrogens is 302 g/mol. The summed E-state index contributed by atoms with van der Waals surface area (Å²) in [7, 11) is 0. The van der Waals surface area contributed by atoms with E-state index in [1.165, 1.54) is 6.20 Å². The quantitative estimate of drug-likeness (QED) is 0.694. The van der Waals surface area contributed by atoms with E-state index in [1.807, 2.05) is 35.0 Å². The fraction of sp³-hybridized carbons (Fsp3) is 0.188. The van der Waals surface area contributed by atoms with E-state index in [9.17, 15) is 4.79 Å². The van der Waals surface area contributed by atoms with Crippen LogP contribution in [0.3, 0.4) is 0 Å². The van der Waals surface area contributed by atoms with E-state index >= 15 is 0 Å². The molecule has 0 bridgehead atoms. The van der Waals surface area contributed by atoms with Crippen molar-refractivity contribution >= 4 is 28.5 Å². The van der Waals surface area contributed by atoms with Crippen LogP contribution in [0.4, 0.5) is 0 Å². The Labute approximate surface area is 132 Å². The summed E-state index contributed by atoms with van der Waals surface area (Å²) < 4.78 is 6.91. The Balaban J connectivity index is 2.10. The molecule has 5 nitrogen and oxygen atoms in total. The summed E-state index contributed by atoms with van der Waals surface area (Å²) in [6.45, 7) is 2.17. The van der Waals surface area contributed by atoms with E-state index in [4.69, 9.17) is 16.3 Å². The number of hydrogen-bond donors (Lipinski definition) is 0. The minimum Gasteiger partial charge on any atom is -0.466 e. The van der Waals surface area contributed by atoms with Crippen molar-refractivity contribution in [3.63, 3.8) is 0 Å². The second-order valence-corrected chi connectivity index (χ2v) is 5.11. The molecule has 112 valence electrons. The summed E-state index contributed by atoms with van der Waals surface area (Å²) >= 11 is 5.92. The third-order valence-corrected chi connectivity index (χ3v) is 3.46. The van der Waals surface area contributed by atoms with Crippen molar-refractivity contribution < 1.29 is 9.53 Å². The smallest absolute Gasteiger partial charge is 0.310 e. The highest BCUT2D eigenvalue weighted by Gasteiger charge is 2.14. The van der Waals surface area contributed by atoms with Crippen molar-refractivity contribution in [1.82, 2.24) is 14.5 Å². The van der Waals surface area contributed by atoms with Crippen LogP contribution in [-0.2, 0) is 16.0 Å². The van der Waals surface area contributed by atoms with Crippen molar-refractivity contribution in [2.75, 3.05) is 6.61 Å². The molecule has 0 N–H and O–H groups in total. The Morgan fingerprint density at radius 2 is 2.14 bits per heavy atom. The topological polar surface area (TPSA) is 57.0 Å². The van der Waals surface area contributed by atoms with Gasteiger partial charge in [-0.1, -0.05) is 29.8 Å². The zero-order valence-electron chi connectivity index (χ0n) is 12.0. The molecule has 0 spiro atoms. The fourth-order valence-corrected chi connectivity index (χ4v) is 2.54. The van der Waals surface area contributed by atoms with E-state index in [0.717, 1.165) is 16.5 Å². The molecule has 0 saturated carbocycles. The Morgan fingerprint density at radius 1 is 1.32 bits per heavy atom. The predicted molar refractivity (Wildman–Crippen MR) is 84.2 cm³/mol. The van der Waals surface area contributed by atoms with Crippen LogP contribution in [-0.4, -0.2) is 27.1 Å². The largest absolute Gasteiger partial charge is 0.466 e. The molecule has 0 amide bonds. The van der Waals surface area contributed by atoms with E-state index in [2.05, 4.69) is 9.97 Å². The summed E-state index contributed by atoms with van der Waals surface area (Å²) in [5.74, 6) is 0.362. The number of benzene rings is 1. The van der Waals surface area contributed by atoms with Gasteiger partial charge in [-0.3, -0.25) is 14.3 Å². The lowest BCUT2D eigenvalue weighted by atomic mass is 10.1. The van der Waals surface area contributed by atoms with E-state index in [1.54, 1.807) is 13.1 Å². The first kappa shape index (κ1) is 14.5. The molecule has 0 aliphatic carbocycles. The highest BCUT2D eigenvalue weighted by atomic mass is 35.5. The van der Waals surface area contributed by atoms with E-state index in [-0.39, 0.29) is 12.4 Å². The van der Waals surface area contributed by atoms with Crippen LogP contribution in [0.5, 0.6) is 0 Å². The summed E-state index contributed by atoms with van der Waals surface area (Å²) in [6, 6.07) is 7.81. The first-order chi connectivity index (χ1) is 10.7. The first-order valence-corrected chi connectivity index (χ1v) is 7.29. The summed E-state index contributed by atoms with van der Waals surface area (Å²) in [4.78, 5) is 20.1. The van der Waals surface area contributed by atoms with Gasteiger partial charge in [0.25, 0.3) is 0 Å². The average molecular weight is 316 g/mol. The van der Waals surface area contributed by atoms with Crippen LogP contribution in [0.15, 0.2) is 42.9 Å². The molecule has 2 aromatic heterocycles. The predicted octanol–water partition coefficient (Wildman–Crippen LogP) is 3.18. The van der Waals surface area contributed by atoms with Gasteiger partial charge in [-0.25, -0.2) is 4.98 Å². The SMILES string of the molecule is CCOC(=O)Cc1cn(-c2cncc(Cl)n2)c2ccccc12. The van der Waals surface area contributed by atoms with Gasteiger partial charge in [0.15, 0.2) is 5.82 Å². The Bertz CT molecular complexity index is 829. The van der Waals surface area contributed by atoms with Gasteiger partial charge in [0.05, 0.1) is 30.9 Å². The minimum absolute atomic E-state index is 0.218. The molecule has 0 aliphatic heterocycles. The van der Waals surface area contributed by atoms with Gasteiger partial charge in [-0.05, 0) is 18.6 Å². The molecule has 3 rings (SSSR count). The third kappa shape index (κ3) is 2.80. The highest BCUT2D eigenvalue weighted by molar-refractivity contribution is 6.29. The van der Waals surface area contributed by atoms with Crippen molar-refractivity contribution in [2.45, 2.75) is 13.3 Å². The molecule has 1 aromatic carbocycles. The lowest BCUT2D eigenvalue weighted by Crippen LogP contribution is -2.07. The number of rotatable bonds is 4. The number of carbonyl (C=O) groups is 1. The molecule has 0 saturated heterocycles. The Hall–Kier alpha value is -2.40. The van der Waals surface area contributed by atoms with E-state index < -0.39 is 0 Å². The standard InChI is InChI=1S/C16H14ClN3O2/c1-2-22-16(21)7-11-10-20(13-6-4-3-5-12(11)13)15-9-18-8-14(17)19-15/h3-6,8-10H,2,7H2,1H3. The number of hydrogen-bond acceptors (Lipinski definition) is 4. The van der Waals surface area contributed by atoms with Crippen molar-refractivity contribution in [2.24, 2.45) is 0 Å². The summed E-state index contributed by atoms with van der Waals surface area (Å²) in [5.41, 5.74) is 1.83. The van der Waals surface area contributed by atoms with Crippen molar-refractivity contribution in [3.05, 3.63) is 53.6 Å². The zero-order valence-corrected chi connectivity index (χ0v) is 12.7. The van der Waals surface area contributed by atoms with Crippen LogP contribution in [0, 0.1) is 0 Å². The van der Waals surface area contributed by atoms with Crippen LogP contribution >= 0.6 is 11.6 Å². The van der Waals surface area contributed by atoms with Gasteiger partial charge in [-0.15, -0.1) is 0 Å². The molecule has 0 aliphatic rings. The monoisotopic (exact) mass is 315 g/mol. The Kier molecular flexibility index (Phi) is 4.06. The summed E-state index contributed by atoms with van der Waals surface area (Å²) in [5, 5.41) is 1.31. The summed E-state index contributed by atoms with van der Waals surface area (Å²) in [6.07, 6.45) is 5.21. The number of esters is 1. The maximum atomic E-state index is 11.8. The molecule has 2 heterocycles.